The second-order valence-corrected chi connectivity index (χ2v) is 7.98. The minimum absolute atomic E-state index is 0.0109. The third-order valence-electron chi connectivity index (χ3n) is 5.71. The van der Waals surface area contributed by atoms with Gasteiger partial charge in [0.2, 0.25) is 0 Å². The number of likely N-dealkylation sites (N-methyl/N-ethyl adjacent to an activating group) is 1. The van der Waals surface area contributed by atoms with Gasteiger partial charge in [-0.3, -0.25) is 9.59 Å². The average molecular weight is 471 g/mol. The maximum atomic E-state index is 13.2. The van der Waals surface area contributed by atoms with Crippen LogP contribution in [0.5, 0.6) is 23.0 Å². The number of likely N-dealkylation sites (tertiary alicyclic amines) is 1. The van der Waals surface area contributed by atoms with Gasteiger partial charge in [0.15, 0.2) is 23.0 Å². The number of hydrogen-bond acceptors (Lipinski definition) is 8. The second kappa shape index (κ2) is 10.5. The van der Waals surface area contributed by atoms with Crippen LogP contribution in [-0.4, -0.2) is 82.2 Å². The minimum atomic E-state index is -0.812. The number of methoxy groups -OCH3 is 4. The standard InChI is InChI=1S/C25H30N2O7/c1-26(2)11-12-27-22(15-7-9-17(31-3)19(13-15)33-5)21(24(29)25(27)30)23(28)16-8-10-18(32-4)20(14-16)34-6/h7-10,13-14,22,28H,11-12H2,1-6H3/t22-/m1/s1. The van der Waals surface area contributed by atoms with Gasteiger partial charge in [0.1, 0.15) is 5.76 Å². The molecule has 2 aromatic carbocycles. The molecule has 0 radical (unpaired) electrons. The van der Waals surface area contributed by atoms with E-state index >= 15 is 0 Å². The van der Waals surface area contributed by atoms with E-state index in [1.807, 2.05) is 19.0 Å². The van der Waals surface area contributed by atoms with Crippen LogP contribution in [0, 0.1) is 0 Å². The van der Waals surface area contributed by atoms with E-state index in [1.54, 1.807) is 36.4 Å². The van der Waals surface area contributed by atoms with E-state index in [1.165, 1.54) is 33.3 Å². The van der Waals surface area contributed by atoms with Crippen molar-refractivity contribution in [3.8, 4) is 23.0 Å². The lowest BCUT2D eigenvalue weighted by Gasteiger charge is -2.27. The van der Waals surface area contributed by atoms with Gasteiger partial charge in [-0.05, 0) is 50.0 Å². The Kier molecular flexibility index (Phi) is 7.68. The normalized spacial score (nSPS) is 17.3. The lowest BCUT2D eigenvalue weighted by Crippen LogP contribution is -2.35. The van der Waals surface area contributed by atoms with Gasteiger partial charge >= 0.3 is 0 Å². The van der Waals surface area contributed by atoms with Crippen LogP contribution in [0.2, 0.25) is 0 Å². The Morgan fingerprint density at radius 2 is 1.44 bits per heavy atom. The molecule has 0 unspecified atom stereocenters. The number of rotatable bonds is 9. The van der Waals surface area contributed by atoms with Gasteiger partial charge in [-0.15, -0.1) is 0 Å². The van der Waals surface area contributed by atoms with Gasteiger partial charge in [-0.25, -0.2) is 0 Å². The van der Waals surface area contributed by atoms with E-state index < -0.39 is 17.7 Å². The van der Waals surface area contributed by atoms with Crippen LogP contribution < -0.4 is 18.9 Å². The summed E-state index contributed by atoms with van der Waals surface area (Å²) < 4.78 is 21.4. The first-order valence-corrected chi connectivity index (χ1v) is 10.6. The molecule has 1 fully saturated rings. The van der Waals surface area contributed by atoms with Gasteiger partial charge < -0.3 is 33.9 Å². The molecule has 0 bridgehead atoms. The maximum Gasteiger partial charge on any atom is 0.295 e. The molecule has 1 N–H and O–H groups in total. The number of hydrogen-bond donors (Lipinski definition) is 1. The molecular weight excluding hydrogens is 440 g/mol. The summed E-state index contributed by atoms with van der Waals surface area (Å²) in [5.41, 5.74) is 0.926. The summed E-state index contributed by atoms with van der Waals surface area (Å²) in [6.45, 7) is 0.826. The number of aliphatic hydroxyl groups excluding tert-OH is 1. The van der Waals surface area contributed by atoms with E-state index in [0.29, 0.717) is 47.2 Å². The molecule has 1 saturated heterocycles. The van der Waals surface area contributed by atoms with Crippen LogP contribution >= 0.6 is 0 Å². The van der Waals surface area contributed by atoms with Crippen LogP contribution in [0.3, 0.4) is 0 Å². The van der Waals surface area contributed by atoms with Crippen molar-refractivity contribution < 1.29 is 33.6 Å². The number of aliphatic hydroxyl groups is 1. The Labute approximate surface area is 199 Å². The molecular formula is C25H30N2O7. The Hall–Kier alpha value is -3.72. The first-order chi connectivity index (χ1) is 16.3. The highest BCUT2D eigenvalue weighted by atomic mass is 16.5. The number of carbonyl (C=O) groups is 2. The number of ketones is 1. The average Bonchev–Trinajstić information content (AvgIpc) is 3.10. The molecule has 1 aliphatic rings. The van der Waals surface area contributed by atoms with Crippen molar-refractivity contribution >= 4 is 17.4 Å². The number of ether oxygens (including phenoxy) is 4. The number of nitrogens with zero attached hydrogens (tertiary/aromatic N) is 2. The number of benzene rings is 2. The second-order valence-electron chi connectivity index (χ2n) is 7.98. The zero-order valence-electron chi connectivity index (χ0n) is 20.2. The molecule has 1 atom stereocenters. The molecule has 0 spiro atoms. The number of Topliss-reactive ketones (excluding diaryl/α,β-unsaturated/α-hetero) is 1. The highest BCUT2D eigenvalue weighted by molar-refractivity contribution is 6.46. The van der Waals surface area contributed by atoms with Crippen LogP contribution in [0.4, 0.5) is 0 Å². The molecule has 9 nitrogen and oxygen atoms in total. The van der Waals surface area contributed by atoms with Crippen molar-refractivity contribution in [2.75, 3.05) is 55.6 Å². The molecule has 0 aliphatic carbocycles. The van der Waals surface area contributed by atoms with Gasteiger partial charge in [0.25, 0.3) is 11.7 Å². The molecule has 9 heteroatoms. The summed E-state index contributed by atoms with van der Waals surface area (Å²) in [5.74, 6) is 0.0830. The van der Waals surface area contributed by atoms with E-state index in [0.717, 1.165) is 0 Å². The van der Waals surface area contributed by atoms with Crippen molar-refractivity contribution in [3.05, 3.63) is 53.1 Å². The van der Waals surface area contributed by atoms with E-state index in [4.69, 9.17) is 18.9 Å². The lowest BCUT2D eigenvalue weighted by molar-refractivity contribution is -0.140. The molecule has 34 heavy (non-hydrogen) atoms. The first-order valence-electron chi connectivity index (χ1n) is 10.6. The fourth-order valence-corrected chi connectivity index (χ4v) is 3.93. The fraction of sp³-hybridized carbons (Fsp3) is 0.360. The quantitative estimate of drug-likeness (QED) is 0.339. The number of amides is 1. The Bertz CT molecular complexity index is 1110. The molecule has 1 heterocycles. The zero-order valence-corrected chi connectivity index (χ0v) is 20.2. The van der Waals surface area contributed by atoms with Crippen LogP contribution in [0.1, 0.15) is 17.2 Å². The van der Waals surface area contributed by atoms with E-state index in [-0.39, 0.29) is 11.3 Å². The van der Waals surface area contributed by atoms with Crippen molar-refractivity contribution in [3.63, 3.8) is 0 Å². The zero-order chi connectivity index (χ0) is 25.0. The van der Waals surface area contributed by atoms with Crippen molar-refractivity contribution in [2.45, 2.75) is 6.04 Å². The molecule has 3 rings (SSSR count). The Balaban J connectivity index is 2.20. The van der Waals surface area contributed by atoms with Gasteiger partial charge in [-0.2, -0.15) is 0 Å². The number of carbonyl (C=O) groups excluding carboxylic acids is 2. The smallest absolute Gasteiger partial charge is 0.295 e. The van der Waals surface area contributed by atoms with Gasteiger partial charge in [0.05, 0.1) is 40.1 Å². The molecule has 2 aromatic rings. The van der Waals surface area contributed by atoms with Gasteiger partial charge in [-0.1, -0.05) is 6.07 Å². The van der Waals surface area contributed by atoms with Crippen molar-refractivity contribution in [1.29, 1.82) is 0 Å². The van der Waals surface area contributed by atoms with E-state index in [2.05, 4.69) is 0 Å². The Morgan fingerprint density at radius 3 is 2.00 bits per heavy atom. The maximum absolute atomic E-state index is 13.2. The molecule has 0 saturated carbocycles. The summed E-state index contributed by atoms with van der Waals surface area (Å²) in [6, 6.07) is 9.15. The third-order valence-corrected chi connectivity index (χ3v) is 5.71. The van der Waals surface area contributed by atoms with Gasteiger partial charge in [0, 0.05) is 18.7 Å². The van der Waals surface area contributed by atoms with Crippen LogP contribution in [0.25, 0.3) is 5.76 Å². The largest absolute Gasteiger partial charge is 0.507 e. The molecule has 1 amide bonds. The first kappa shape index (κ1) is 24.9. The lowest BCUT2D eigenvalue weighted by atomic mass is 9.95. The topological polar surface area (TPSA) is 97.8 Å². The molecule has 182 valence electrons. The van der Waals surface area contributed by atoms with Crippen molar-refractivity contribution in [2.24, 2.45) is 0 Å². The summed E-state index contributed by atoms with van der Waals surface area (Å²) in [7, 11) is 9.78. The molecule has 1 aliphatic heterocycles. The summed E-state index contributed by atoms with van der Waals surface area (Å²) >= 11 is 0. The summed E-state index contributed by atoms with van der Waals surface area (Å²) in [5, 5.41) is 11.3. The van der Waals surface area contributed by atoms with Crippen molar-refractivity contribution in [1.82, 2.24) is 9.80 Å². The third kappa shape index (κ3) is 4.65. The minimum Gasteiger partial charge on any atom is -0.507 e. The summed E-state index contributed by atoms with van der Waals surface area (Å²) in [4.78, 5) is 29.6. The monoisotopic (exact) mass is 470 g/mol. The van der Waals surface area contributed by atoms with Crippen LogP contribution in [-0.2, 0) is 9.59 Å². The predicted octanol–water partition coefficient (Wildman–Crippen LogP) is 2.70. The van der Waals surface area contributed by atoms with Crippen LogP contribution in [0.15, 0.2) is 42.0 Å². The fourth-order valence-electron chi connectivity index (χ4n) is 3.93. The summed E-state index contributed by atoms with van der Waals surface area (Å²) in [6.07, 6.45) is 0. The highest BCUT2D eigenvalue weighted by Gasteiger charge is 2.46. The molecule has 0 aromatic heterocycles. The Morgan fingerprint density at radius 1 is 0.882 bits per heavy atom. The van der Waals surface area contributed by atoms with E-state index in [9.17, 15) is 14.7 Å². The SMILES string of the molecule is COc1ccc(C(O)=C2C(=O)C(=O)N(CCN(C)C)[C@@H]2c2ccc(OC)c(OC)c2)cc1OC. The predicted molar refractivity (Wildman–Crippen MR) is 127 cm³/mol. The highest BCUT2D eigenvalue weighted by Crippen LogP contribution is 2.42.